The number of pyridine rings is 1. The van der Waals surface area contributed by atoms with Crippen LogP contribution in [0, 0.1) is 5.92 Å². The normalized spacial score (nSPS) is 30.4. The molecule has 3 atom stereocenters. The van der Waals surface area contributed by atoms with Gasteiger partial charge in [0, 0.05) is 24.3 Å². The zero-order chi connectivity index (χ0) is 12.8. The van der Waals surface area contributed by atoms with Crippen LogP contribution < -0.4 is 5.32 Å². The molecule has 0 amide bonds. The van der Waals surface area contributed by atoms with Gasteiger partial charge in [0.25, 0.3) is 0 Å². The largest absolute Gasteiger partial charge is 0.463 e. The Morgan fingerprint density at radius 1 is 1.47 bits per heavy atom. The van der Waals surface area contributed by atoms with Crippen molar-refractivity contribution in [2.24, 2.45) is 5.92 Å². The standard InChI is InChI=1S/C16H18N2O/c1-10(13-8-12-2-3-14(13)18-12)6-11-7-16-15(17-9-11)4-5-19-16/h4-7,9,12-14,18H,2-3,8H2,1H3. The second kappa shape index (κ2) is 4.20. The fourth-order valence-corrected chi connectivity index (χ4v) is 3.64. The summed E-state index contributed by atoms with van der Waals surface area (Å²) in [7, 11) is 0. The van der Waals surface area contributed by atoms with E-state index in [1.807, 2.05) is 12.3 Å². The molecule has 4 rings (SSSR count). The van der Waals surface area contributed by atoms with Crippen LogP contribution >= 0.6 is 0 Å². The molecular formula is C16H18N2O. The van der Waals surface area contributed by atoms with Crippen LogP contribution in [0.1, 0.15) is 31.7 Å². The molecule has 2 fully saturated rings. The average molecular weight is 254 g/mol. The second-order valence-electron chi connectivity index (χ2n) is 5.85. The Bertz CT molecular complexity index is 643. The van der Waals surface area contributed by atoms with Crippen molar-refractivity contribution in [3.8, 4) is 0 Å². The van der Waals surface area contributed by atoms with Crippen molar-refractivity contribution in [3.63, 3.8) is 0 Å². The van der Waals surface area contributed by atoms with E-state index in [4.69, 9.17) is 4.42 Å². The molecule has 3 nitrogen and oxygen atoms in total. The Labute approximate surface area is 112 Å². The Kier molecular flexibility index (Phi) is 2.49. The predicted octanol–water partition coefficient (Wildman–Crippen LogP) is 3.37. The maximum Gasteiger partial charge on any atom is 0.152 e. The van der Waals surface area contributed by atoms with Gasteiger partial charge in [-0.3, -0.25) is 4.98 Å². The van der Waals surface area contributed by atoms with Gasteiger partial charge in [0.1, 0.15) is 5.52 Å². The number of aromatic nitrogens is 1. The van der Waals surface area contributed by atoms with Gasteiger partial charge in [-0.1, -0.05) is 11.6 Å². The fraction of sp³-hybridized carbons (Fsp3) is 0.438. The van der Waals surface area contributed by atoms with Crippen LogP contribution in [-0.2, 0) is 0 Å². The Balaban J connectivity index is 1.63. The zero-order valence-corrected chi connectivity index (χ0v) is 11.1. The van der Waals surface area contributed by atoms with E-state index in [-0.39, 0.29) is 0 Å². The summed E-state index contributed by atoms with van der Waals surface area (Å²) < 4.78 is 5.41. The molecule has 2 aliphatic rings. The Morgan fingerprint density at radius 3 is 3.21 bits per heavy atom. The summed E-state index contributed by atoms with van der Waals surface area (Å²) in [6.07, 6.45) is 9.87. The second-order valence-corrected chi connectivity index (χ2v) is 5.85. The van der Waals surface area contributed by atoms with Crippen molar-refractivity contribution >= 4 is 17.2 Å². The smallest absolute Gasteiger partial charge is 0.152 e. The molecule has 3 heteroatoms. The lowest BCUT2D eigenvalue weighted by molar-refractivity contribution is 0.461. The highest BCUT2D eigenvalue weighted by Crippen LogP contribution is 2.37. The maximum absolute atomic E-state index is 5.41. The molecule has 2 aromatic heterocycles. The van der Waals surface area contributed by atoms with E-state index in [0.717, 1.165) is 22.7 Å². The first-order valence-corrected chi connectivity index (χ1v) is 7.07. The molecule has 4 heterocycles. The first-order chi connectivity index (χ1) is 9.29. The van der Waals surface area contributed by atoms with Crippen LogP contribution in [0.5, 0.6) is 0 Å². The van der Waals surface area contributed by atoms with Crippen LogP contribution in [0.15, 0.2) is 34.6 Å². The minimum Gasteiger partial charge on any atom is -0.463 e. The van der Waals surface area contributed by atoms with E-state index in [1.165, 1.54) is 24.8 Å². The van der Waals surface area contributed by atoms with E-state index in [2.05, 4.69) is 29.4 Å². The Morgan fingerprint density at radius 2 is 2.42 bits per heavy atom. The fourth-order valence-electron chi connectivity index (χ4n) is 3.64. The van der Waals surface area contributed by atoms with Crippen molar-refractivity contribution in [3.05, 3.63) is 35.7 Å². The van der Waals surface area contributed by atoms with Crippen molar-refractivity contribution < 1.29 is 4.42 Å². The summed E-state index contributed by atoms with van der Waals surface area (Å²) in [5, 5.41) is 3.70. The van der Waals surface area contributed by atoms with Gasteiger partial charge in [-0.15, -0.1) is 0 Å². The molecule has 98 valence electrons. The molecule has 3 unspecified atom stereocenters. The number of nitrogens with zero attached hydrogens (tertiary/aromatic N) is 1. The third kappa shape index (κ3) is 1.89. The van der Waals surface area contributed by atoms with Gasteiger partial charge in [-0.2, -0.15) is 0 Å². The van der Waals surface area contributed by atoms with Crippen molar-refractivity contribution in [2.75, 3.05) is 0 Å². The molecule has 19 heavy (non-hydrogen) atoms. The molecule has 2 bridgehead atoms. The summed E-state index contributed by atoms with van der Waals surface area (Å²) in [5.41, 5.74) is 4.40. The monoisotopic (exact) mass is 254 g/mol. The van der Waals surface area contributed by atoms with E-state index < -0.39 is 0 Å². The predicted molar refractivity (Wildman–Crippen MR) is 75.7 cm³/mol. The number of fused-ring (bicyclic) bond motifs is 3. The average Bonchev–Trinajstić information content (AvgIpc) is 3.13. The minimum atomic E-state index is 0.696. The molecule has 2 saturated heterocycles. The SMILES string of the molecule is CC(=Cc1cnc2ccoc2c1)C1CC2CCC1N2. The van der Waals surface area contributed by atoms with E-state index in [1.54, 1.807) is 6.26 Å². The number of furan rings is 1. The van der Waals surface area contributed by atoms with Gasteiger partial charge in [0.2, 0.25) is 0 Å². The van der Waals surface area contributed by atoms with Gasteiger partial charge < -0.3 is 9.73 Å². The summed E-state index contributed by atoms with van der Waals surface area (Å²) in [6.45, 7) is 2.25. The number of nitrogens with one attached hydrogen (secondary N) is 1. The maximum atomic E-state index is 5.41. The molecule has 0 radical (unpaired) electrons. The van der Waals surface area contributed by atoms with E-state index >= 15 is 0 Å². The van der Waals surface area contributed by atoms with Gasteiger partial charge in [0.15, 0.2) is 5.58 Å². The topological polar surface area (TPSA) is 38.1 Å². The third-order valence-electron chi connectivity index (χ3n) is 4.60. The molecule has 0 aliphatic carbocycles. The highest BCUT2D eigenvalue weighted by Gasteiger charge is 2.39. The third-order valence-corrected chi connectivity index (χ3v) is 4.60. The molecule has 0 spiro atoms. The van der Waals surface area contributed by atoms with Crippen LogP contribution in [0.2, 0.25) is 0 Å². The van der Waals surface area contributed by atoms with Gasteiger partial charge in [-0.25, -0.2) is 0 Å². The lowest BCUT2D eigenvalue weighted by Gasteiger charge is -2.20. The van der Waals surface area contributed by atoms with Crippen molar-refractivity contribution in [2.45, 2.75) is 38.3 Å². The van der Waals surface area contributed by atoms with Crippen LogP contribution in [0.25, 0.3) is 17.2 Å². The molecule has 0 aromatic carbocycles. The highest BCUT2D eigenvalue weighted by molar-refractivity contribution is 5.75. The molecular weight excluding hydrogens is 236 g/mol. The van der Waals surface area contributed by atoms with Crippen LogP contribution in [-0.4, -0.2) is 17.1 Å². The summed E-state index contributed by atoms with van der Waals surface area (Å²) in [4.78, 5) is 4.41. The zero-order valence-electron chi connectivity index (χ0n) is 11.1. The molecule has 1 N–H and O–H groups in total. The quantitative estimate of drug-likeness (QED) is 0.893. The van der Waals surface area contributed by atoms with Crippen molar-refractivity contribution in [1.82, 2.24) is 10.3 Å². The number of hydrogen-bond donors (Lipinski definition) is 1. The number of rotatable bonds is 2. The summed E-state index contributed by atoms with van der Waals surface area (Å²) in [6, 6.07) is 5.42. The van der Waals surface area contributed by atoms with Crippen LogP contribution in [0.3, 0.4) is 0 Å². The molecule has 0 saturated carbocycles. The first kappa shape index (κ1) is 11.2. The Hall–Kier alpha value is -1.61. The lowest BCUT2D eigenvalue weighted by atomic mass is 9.83. The summed E-state index contributed by atoms with van der Waals surface area (Å²) in [5.74, 6) is 0.700. The lowest BCUT2D eigenvalue weighted by Crippen LogP contribution is -2.23. The first-order valence-electron chi connectivity index (χ1n) is 7.07. The minimum absolute atomic E-state index is 0.696. The summed E-state index contributed by atoms with van der Waals surface area (Å²) >= 11 is 0. The van der Waals surface area contributed by atoms with Gasteiger partial charge in [0.05, 0.1) is 6.26 Å². The van der Waals surface area contributed by atoms with Crippen LogP contribution in [0.4, 0.5) is 0 Å². The van der Waals surface area contributed by atoms with Gasteiger partial charge >= 0.3 is 0 Å². The molecule has 2 aromatic rings. The number of hydrogen-bond acceptors (Lipinski definition) is 3. The van der Waals surface area contributed by atoms with Crippen molar-refractivity contribution in [1.29, 1.82) is 0 Å². The van der Waals surface area contributed by atoms with Gasteiger partial charge in [-0.05, 0) is 43.7 Å². The highest BCUT2D eigenvalue weighted by atomic mass is 16.3. The van der Waals surface area contributed by atoms with E-state index in [9.17, 15) is 0 Å². The van der Waals surface area contributed by atoms with E-state index in [0.29, 0.717) is 12.0 Å². The molecule has 2 aliphatic heterocycles.